The highest BCUT2D eigenvalue weighted by Gasteiger charge is 2.10. The summed E-state index contributed by atoms with van der Waals surface area (Å²) in [5, 5.41) is 6.69. The van der Waals surface area contributed by atoms with E-state index in [9.17, 15) is 0 Å². The summed E-state index contributed by atoms with van der Waals surface area (Å²) in [6.45, 7) is 14.9. The minimum atomic E-state index is 0.335. The van der Waals surface area contributed by atoms with Crippen LogP contribution in [0.5, 0.6) is 0 Å². The van der Waals surface area contributed by atoms with Crippen molar-refractivity contribution in [1.82, 2.24) is 9.97 Å². The zero-order chi connectivity index (χ0) is 14.4. The number of aromatic nitrogens is 2. The number of rotatable bonds is 7. The van der Waals surface area contributed by atoms with E-state index < -0.39 is 0 Å². The molecule has 1 atom stereocenters. The van der Waals surface area contributed by atoms with Crippen LogP contribution in [0.2, 0.25) is 0 Å². The first-order valence-corrected chi connectivity index (χ1v) is 7.30. The Morgan fingerprint density at radius 2 is 1.58 bits per heavy atom. The Morgan fingerprint density at radius 1 is 1.00 bits per heavy atom. The summed E-state index contributed by atoms with van der Waals surface area (Å²) >= 11 is 0. The van der Waals surface area contributed by atoms with E-state index in [1.807, 2.05) is 6.07 Å². The highest BCUT2D eigenvalue weighted by atomic mass is 15.1. The van der Waals surface area contributed by atoms with E-state index in [1.54, 1.807) is 0 Å². The molecule has 108 valence electrons. The van der Waals surface area contributed by atoms with Crippen molar-refractivity contribution in [3.63, 3.8) is 0 Å². The Kier molecular flexibility index (Phi) is 6.06. The first kappa shape index (κ1) is 15.7. The van der Waals surface area contributed by atoms with Crippen LogP contribution in [0.1, 0.15) is 53.3 Å². The van der Waals surface area contributed by atoms with Crippen molar-refractivity contribution < 1.29 is 0 Å². The molecule has 0 aliphatic rings. The summed E-state index contributed by atoms with van der Waals surface area (Å²) in [4.78, 5) is 9.11. The van der Waals surface area contributed by atoms with Crippen LogP contribution in [0, 0.1) is 11.8 Å². The van der Waals surface area contributed by atoms with Gasteiger partial charge in [-0.3, -0.25) is 0 Å². The largest absolute Gasteiger partial charge is 0.370 e. The van der Waals surface area contributed by atoms with Crippen molar-refractivity contribution in [3.8, 4) is 0 Å². The third-order valence-corrected chi connectivity index (χ3v) is 3.36. The zero-order valence-corrected chi connectivity index (χ0v) is 13.1. The summed E-state index contributed by atoms with van der Waals surface area (Å²) in [7, 11) is 0. The molecule has 4 heteroatoms. The molecule has 0 aliphatic carbocycles. The molecule has 0 aliphatic heterocycles. The van der Waals surface area contributed by atoms with Gasteiger partial charge in [-0.25, -0.2) is 9.97 Å². The molecule has 19 heavy (non-hydrogen) atoms. The van der Waals surface area contributed by atoms with Crippen LogP contribution >= 0.6 is 0 Å². The van der Waals surface area contributed by atoms with Gasteiger partial charge in [-0.05, 0) is 18.8 Å². The van der Waals surface area contributed by atoms with E-state index in [0.29, 0.717) is 17.8 Å². The predicted octanol–water partition coefficient (Wildman–Crippen LogP) is 3.74. The maximum atomic E-state index is 4.58. The lowest BCUT2D eigenvalue weighted by Gasteiger charge is -2.17. The molecule has 0 aromatic carbocycles. The van der Waals surface area contributed by atoms with Gasteiger partial charge in [0.1, 0.15) is 17.5 Å². The molecule has 0 saturated heterocycles. The molecule has 1 rings (SSSR count). The molecule has 0 saturated carbocycles. The molecule has 2 N–H and O–H groups in total. The lowest BCUT2D eigenvalue weighted by Crippen LogP contribution is -2.18. The smallest absolute Gasteiger partial charge is 0.135 e. The molecule has 4 nitrogen and oxygen atoms in total. The molecule has 0 bridgehead atoms. The topological polar surface area (TPSA) is 49.8 Å². The van der Waals surface area contributed by atoms with Crippen LogP contribution in [-0.2, 0) is 0 Å². The normalized spacial score (nSPS) is 12.8. The Labute approximate surface area is 117 Å². The van der Waals surface area contributed by atoms with Gasteiger partial charge in [0.25, 0.3) is 0 Å². The van der Waals surface area contributed by atoms with Crippen molar-refractivity contribution in [1.29, 1.82) is 0 Å². The summed E-state index contributed by atoms with van der Waals surface area (Å²) in [5.74, 6) is 4.34. The van der Waals surface area contributed by atoms with Gasteiger partial charge in [0.2, 0.25) is 0 Å². The van der Waals surface area contributed by atoms with E-state index in [2.05, 4.69) is 62.1 Å². The fourth-order valence-corrected chi connectivity index (χ4v) is 1.59. The Bertz CT molecular complexity index is 388. The highest BCUT2D eigenvalue weighted by molar-refractivity contribution is 5.47. The SMILES string of the molecule is CCNc1cc(NCC(C)C(C)C)nc(C(C)C)n1. The molecule has 0 amide bonds. The van der Waals surface area contributed by atoms with Gasteiger partial charge >= 0.3 is 0 Å². The second kappa shape index (κ2) is 7.31. The van der Waals surface area contributed by atoms with Crippen molar-refractivity contribution in [2.75, 3.05) is 23.7 Å². The average Bonchev–Trinajstić information content (AvgIpc) is 2.35. The molecule has 0 radical (unpaired) electrons. The number of nitrogens with one attached hydrogen (secondary N) is 2. The first-order chi connectivity index (χ1) is 8.93. The lowest BCUT2D eigenvalue weighted by molar-refractivity contribution is 0.439. The van der Waals surface area contributed by atoms with Crippen molar-refractivity contribution >= 4 is 11.6 Å². The number of anilines is 2. The summed E-state index contributed by atoms with van der Waals surface area (Å²) in [6, 6.07) is 1.99. The summed E-state index contributed by atoms with van der Waals surface area (Å²) in [5.41, 5.74) is 0. The standard InChI is InChI=1S/C15H28N4/c1-7-16-13-8-14(17-9-12(6)10(2)3)19-15(18-13)11(4)5/h8,10-12H,7,9H2,1-6H3,(H2,16,17,18,19). The number of nitrogens with zero attached hydrogens (tertiary/aromatic N) is 2. The van der Waals surface area contributed by atoms with Gasteiger partial charge < -0.3 is 10.6 Å². The minimum absolute atomic E-state index is 0.335. The monoisotopic (exact) mass is 264 g/mol. The van der Waals surface area contributed by atoms with Gasteiger partial charge in [0, 0.05) is 25.1 Å². The van der Waals surface area contributed by atoms with Gasteiger partial charge in [0.15, 0.2) is 0 Å². The predicted molar refractivity (Wildman–Crippen MR) is 82.8 cm³/mol. The molecule has 1 aromatic rings. The molecule has 1 aromatic heterocycles. The Hall–Kier alpha value is -1.32. The van der Waals surface area contributed by atoms with Crippen LogP contribution in [-0.4, -0.2) is 23.1 Å². The third kappa shape index (κ3) is 5.05. The van der Waals surface area contributed by atoms with Crippen LogP contribution < -0.4 is 10.6 Å². The van der Waals surface area contributed by atoms with Gasteiger partial charge in [-0.15, -0.1) is 0 Å². The quantitative estimate of drug-likeness (QED) is 0.787. The van der Waals surface area contributed by atoms with Gasteiger partial charge in [0.05, 0.1) is 0 Å². The Morgan fingerprint density at radius 3 is 2.05 bits per heavy atom. The number of hydrogen-bond acceptors (Lipinski definition) is 4. The fraction of sp³-hybridized carbons (Fsp3) is 0.733. The molecule has 0 spiro atoms. The van der Waals surface area contributed by atoms with Crippen molar-refractivity contribution in [2.24, 2.45) is 11.8 Å². The maximum absolute atomic E-state index is 4.58. The van der Waals surface area contributed by atoms with Crippen molar-refractivity contribution in [3.05, 3.63) is 11.9 Å². The van der Waals surface area contributed by atoms with Crippen LogP contribution in [0.15, 0.2) is 6.07 Å². The van der Waals surface area contributed by atoms with Crippen molar-refractivity contribution in [2.45, 2.75) is 47.5 Å². The average molecular weight is 264 g/mol. The Balaban J connectivity index is 2.81. The van der Waals surface area contributed by atoms with E-state index >= 15 is 0 Å². The van der Waals surface area contributed by atoms with Crippen LogP contribution in [0.3, 0.4) is 0 Å². The molecule has 1 heterocycles. The van der Waals surface area contributed by atoms with Gasteiger partial charge in [-0.2, -0.15) is 0 Å². The molecular weight excluding hydrogens is 236 g/mol. The third-order valence-electron chi connectivity index (χ3n) is 3.36. The van der Waals surface area contributed by atoms with Crippen LogP contribution in [0.25, 0.3) is 0 Å². The first-order valence-electron chi connectivity index (χ1n) is 7.30. The van der Waals surface area contributed by atoms with E-state index in [1.165, 1.54) is 0 Å². The zero-order valence-electron chi connectivity index (χ0n) is 13.1. The maximum Gasteiger partial charge on any atom is 0.135 e. The lowest BCUT2D eigenvalue weighted by atomic mass is 9.98. The minimum Gasteiger partial charge on any atom is -0.370 e. The number of hydrogen-bond donors (Lipinski definition) is 2. The summed E-state index contributed by atoms with van der Waals surface area (Å²) in [6.07, 6.45) is 0. The van der Waals surface area contributed by atoms with E-state index in [0.717, 1.165) is 30.5 Å². The van der Waals surface area contributed by atoms with E-state index in [4.69, 9.17) is 0 Å². The molecule has 0 fully saturated rings. The molecule has 1 unspecified atom stereocenters. The fourth-order valence-electron chi connectivity index (χ4n) is 1.59. The second-order valence-corrected chi connectivity index (χ2v) is 5.78. The van der Waals surface area contributed by atoms with Gasteiger partial charge in [-0.1, -0.05) is 34.6 Å². The molecular formula is C15H28N4. The summed E-state index contributed by atoms with van der Waals surface area (Å²) < 4.78 is 0. The van der Waals surface area contributed by atoms with E-state index in [-0.39, 0.29) is 0 Å². The second-order valence-electron chi connectivity index (χ2n) is 5.78. The highest BCUT2D eigenvalue weighted by Crippen LogP contribution is 2.18. The van der Waals surface area contributed by atoms with Crippen LogP contribution in [0.4, 0.5) is 11.6 Å².